The monoisotopic (exact) mass is 324 g/mol. The van der Waals surface area contributed by atoms with E-state index in [1.54, 1.807) is 16.9 Å². The van der Waals surface area contributed by atoms with Crippen molar-refractivity contribution in [3.63, 3.8) is 0 Å². The van der Waals surface area contributed by atoms with Crippen LogP contribution in [0.3, 0.4) is 0 Å². The Morgan fingerprint density at radius 2 is 2.12 bits per heavy atom. The van der Waals surface area contributed by atoms with Crippen molar-refractivity contribution in [1.29, 1.82) is 5.26 Å². The smallest absolute Gasteiger partial charge is 0.247 e. The summed E-state index contributed by atoms with van der Waals surface area (Å²) >= 11 is 0. The van der Waals surface area contributed by atoms with Gasteiger partial charge in [0, 0.05) is 38.6 Å². The summed E-state index contributed by atoms with van der Waals surface area (Å²) in [6.07, 6.45) is 4.36. The van der Waals surface area contributed by atoms with E-state index < -0.39 is 0 Å². The Kier molecular flexibility index (Phi) is 4.75. The number of hydrogen-bond donors (Lipinski definition) is 0. The number of rotatable bonds is 3. The van der Waals surface area contributed by atoms with Crippen molar-refractivity contribution in [2.75, 3.05) is 31.1 Å². The van der Waals surface area contributed by atoms with Crippen LogP contribution in [0.15, 0.2) is 36.7 Å². The topological polar surface area (TPSA) is 78.0 Å². The van der Waals surface area contributed by atoms with E-state index in [2.05, 4.69) is 21.1 Å². The summed E-state index contributed by atoms with van der Waals surface area (Å²) in [5, 5.41) is 13.1. The maximum Gasteiger partial charge on any atom is 0.247 e. The van der Waals surface area contributed by atoms with Gasteiger partial charge in [-0.05, 0) is 31.5 Å². The van der Waals surface area contributed by atoms with Crippen molar-refractivity contribution >= 4 is 11.7 Å². The summed E-state index contributed by atoms with van der Waals surface area (Å²) < 4.78 is 1.68. The van der Waals surface area contributed by atoms with Gasteiger partial charge in [0.05, 0.1) is 0 Å². The number of carbonyl (C=O) groups excluding carboxylic acids is 1. The summed E-state index contributed by atoms with van der Waals surface area (Å²) in [5.74, 6) is 0.878. The Bertz CT molecular complexity index is 736. The van der Waals surface area contributed by atoms with Crippen LogP contribution in [0.25, 0.3) is 0 Å². The molecule has 0 aliphatic carbocycles. The predicted octanol–water partition coefficient (Wildman–Crippen LogP) is 1.45. The van der Waals surface area contributed by atoms with Crippen molar-refractivity contribution < 1.29 is 4.79 Å². The van der Waals surface area contributed by atoms with Crippen molar-refractivity contribution in [3.8, 4) is 6.07 Å². The first kappa shape index (κ1) is 16.0. The van der Waals surface area contributed by atoms with Crippen molar-refractivity contribution in [2.45, 2.75) is 19.4 Å². The number of aromatic nitrogens is 3. The molecule has 0 N–H and O–H groups in total. The van der Waals surface area contributed by atoms with Crippen LogP contribution < -0.4 is 4.90 Å². The Balaban J connectivity index is 1.66. The van der Waals surface area contributed by atoms with Gasteiger partial charge in [-0.2, -0.15) is 10.4 Å². The summed E-state index contributed by atoms with van der Waals surface area (Å²) in [7, 11) is 0. The fourth-order valence-corrected chi connectivity index (χ4v) is 2.92. The maximum atomic E-state index is 12.7. The number of nitriles is 1. The Labute approximate surface area is 141 Å². The summed E-state index contributed by atoms with van der Waals surface area (Å²) in [6.45, 7) is 4.76. The molecular weight excluding hydrogens is 304 g/mol. The summed E-state index contributed by atoms with van der Waals surface area (Å²) in [4.78, 5) is 21.1. The van der Waals surface area contributed by atoms with Crippen LogP contribution in [-0.2, 0) is 4.79 Å². The molecule has 0 radical (unpaired) electrons. The van der Waals surface area contributed by atoms with Crippen LogP contribution in [0.5, 0.6) is 0 Å². The van der Waals surface area contributed by atoms with E-state index >= 15 is 0 Å². The molecule has 1 saturated heterocycles. The minimum Gasteiger partial charge on any atom is -0.355 e. The van der Waals surface area contributed by atoms with E-state index in [4.69, 9.17) is 5.26 Å². The number of hydrogen-bond acceptors (Lipinski definition) is 5. The van der Waals surface area contributed by atoms with Gasteiger partial charge in [0.2, 0.25) is 5.91 Å². The molecule has 3 rings (SSSR count). The molecule has 2 aromatic heterocycles. The van der Waals surface area contributed by atoms with E-state index in [0.717, 1.165) is 25.3 Å². The van der Waals surface area contributed by atoms with Crippen LogP contribution >= 0.6 is 0 Å². The second kappa shape index (κ2) is 7.13. The average Bonchev–Trinajstić information content (AvgIpc) is 3.05. The number of nitrogens with zero attached hydrogens (tertiary/aromatic N) is 6. The lowest BCUT2D eigenvalue weighted by atomic mass is 10.2. The van der Waals surface area contributed by atoms with E-state index in [9.17, 15) is 4.79 Å². The third-order valence-corrected chi connectivity index (χ3v) is 4.26. The van der Waals surface area contributed by atoms with Crippen LogP contribution in [0.4, 0.5) is 5.82 Å². The van der Waals surface area contributed by atoms with E-state index in [0.29, 0.717) is 18.8 Å². The maximum absolute atomic E-state index is 12.7. The SMILES string of the molecule is CC(C(=O)N1CCCN(c2cccc(C#N)n2)CC1)n1cccn1. The third kappa shape index (κ3) is 3.38. The van der Waals surface area contributed by atoms with Crippen molar-refractivity contribution in [2.24, 2.45) is 0 Å². The lowest BCUT2D eigenvalue weighted by Gasteiger charge is -2.25. The molecular formula is C17H20N6O. The number of anilines is 1. The molecule has 1 aliphatic heterocycles. The van der Waals surface area contributed by atoms with E-state index in [-0.39, 0.29) is 11.9 Å². The Hall–Kier alpha value is -2.88. The number of carbonyl (C=O) groups is 1. The van der Waals surface area contributed by atoms with Crippen LogP contribution in [-0.4, -0.2) is 51.8 Å². The summed E-state index contributed by atoms with van der Waals surface area (Å²) in [5.41, 5.74) is 0.414. The molecule has 2 aromatic rings. The Morgan fingerprint density at radius 1 is 1.25 bits per heavy atom. The highest BCUT2D eigenvalue weighted by Gasteiger charge is 2.25. The van der Waals surface area contributed by atoms with Gasteiger partial charge >= 0.3 is 0 Å². The molecule has 0 bridgehead atoms. The molecule has 1 amide bonds. The zero-order valence-electron chi connectivity index (χ0n) is 13.7. The molecule has 1 atom stereocenters. The first-order valence-corrected chi connectivity index (χ1v) is 8.09. The summed E-state index contributed by atoms with van der Waals surface area (Å²) in [6, 6.07) is 9.04. The lowest BCUT2D eigenvalue weighted by Crippen LogP contribution is -2.39. The fourth-order valence-electron chi connectivity index (χ4n) is 2.92. The van der Waals surface area contributed by atoms with Gasteiger partial charge in [0.25, 0.3) is 0 Å². The van der Waals surface area contributed by atoms with Crippen molar-refractivity contribution in [1.82, 2.24) is 19.7 Å². The van der Waals surface area contributed by atoms with Crippen LogP contribution in [0, 0.1) is 11.3 Å². The zero-order chi connectivity index (χ0) is 16.9. The predicted molar refractivity (Wildman–Crippen MR) is 89.3 cm³/mol. The molecule has 7 nitrogen and oxygen atoms in total. The molecule has 1 fully saturated rings. The van der Waals surface area contributed by atoms with Gasteiger partial charge in [0.15, 0.2) is 0 Å². The second-order valence-electron chi connectivity index (χ2n) is 5.82. The normalized spacial score (nSPS) is 16.3. The standard InChI is InChI=1S/C17H20N6O/c1-14(23-10-3-7-19-23)17(24)22-9-4-8-21(11-12-22)16-6-2-5-15(13-18)20-16/h2-3,5-7,10,14H,4,8-9,11-12H2,1H3. The second-order valence-corrected chi connectivity index (χ2v) is 5.82. The molecule has 124 valence electrons. The van der Waals surface area contributed by atoms with Gasteiger partial charge in [-0.25, -0.2) is 4.98 Å². The number of amides is 1. The molecule has 24 heavy (non-hydrogen) atoms. The van der Waals surface area contributed by atoms with Gasteiger partial charge in [-0.1, -0.05) is 6.07 Å². The minimum absolute atomic E-state index is 0.0827. The van der Waals surface area contributed by atoms with Gasteiger partial charge in [-0.3, -0.25) is 9.48 Å². The van der Waals surface area contributed by atoms with Gasteiger partial charge < -0.3 is 9.80 Å². The van der Waals surface area contributed by atoms with E-state index in [1.165, 1.54) is 0 Å². The average molecular weight is 324 g/mol. The molecule has 3 heterocycles. The highest BCUT2D eigenvalue weighted by Crippen LogP contribution is 2.16. The Morgan fingerprint density at radius 3 is 2.88 bits per heavy atom. The highest BCUT2D eigenvalue weighted by atomic mass is 16.2. The lowest BCUT2D eigenvalue weighted by molar-refractivity contribution is -0.134. The molecule has 0 saturated carbocycles. The molecule has 1 unspecified atom stereocenters. The molecule has 7 heteroatoms. The third-order valence-electron chi connectivity index (χ3n) is 4.26. The fraction of sp³-hybridized carbons (Fsp3) is 0.412. The van der Waals surface area contributed by atoms with Gasteiger partial charge in [0.1, 0.15) is 23.6 Å². The van der Waals surface area contributed by atoms with Gasteiger partial charge in [-0.15, -0.1) is 0 Å². The van der Waals surface area contributed by atoms with Crippen molar-refractivity contribution in [3.05, 3.63) is 42.4 Å². The highest BCUT2D eigenvalue weighted by molar-refractivity contribution is 5.80. The largest absolute Gasteiger partial charge is 0.355 e. The van der Waals surface area contributed by atoms with E-state index in [1.807, 2.05) is 36.2 Å². The number of pyridine rings is 1. The minimum atomic E-state index is -0.299. The molecule has 0 aromatic carbocycles. The molecule has 0 spiro atoms. The first-order valence-electron chi connectivity index (χ1n) is 8.09. The first-order chi connectivity index (χ1) is 11.7. The molecule has 1 aliphatic rings. The van der Waals surface area contributed by atoms with Crippen LogP contribution in [0.2, 0.25) is 0 Å². The van der Waals surface area contributed by atoms with Crippen LogP contribution in [0.1, 0.15) is 25.1 Å². The quantitative estimate of drug-likeness (QED) is 0.854. The zero-order valence-corrected chi connectivity index (χ0v) is 13.7.